The van der Waals surface area contributed by atoms with E-state index in [4.69, 9.17) is 0 Å². The first kappa shape index (κ1) is 17.6. The zero-order chi connectivity index (χ0) is 20.1. The molecule has 0 unspecified atom stereocenters. The number of para-hydroxylation sites is 1. The van der Waals surface area contributed by atoms with Crippen molar-refractivity contribution < 1.29 is 4.39 Å². The van der Waals surface area contributed by atoms with Crippen molar-refractivity contribution in [3.05, 3.63) is 88.0 Å². The van der Waals surface area contributed by atoms with Crippen LogP contribution >= 0.6 is 11.3 Å². The summed E-state index contributed by atoms with van der Waals surface area (Å²) in [7, 11) is 1.88. The Morgan fingerprint density at radius 3 is 2.48 bits per heavy atom. The number of rotatable bonds is 3. The van der Waals surface area contributed by atoms with Gasteiger partial charge in [-0.05, 0) is 43.3 Å². The molecule has 0 radical (unpaired) electrons. The molecule has 3 heterocycles. The normalized spacial score (nSPS) is 11.4. The molecule has 0 saturated carbocycles. The van der Waals surface area contributed by atoms with Crippen molar-refractivity contribution in [1.82, 2.24) is 18.7 Å². The fraction of sp³-hybridized carbons (Fsp3) is 0.0909. The van der Waals surface area contributed by atoms with Crippen LogP contribution in [0.5, 0.6) is 0 Å². The molecular weight excluding hydrogens is 387 g/mol. The number of thiazole rings is 1. The highest BCUT2D eigenvalue weighted by Gasteiger charge is 2.21. The molecule has 0 aliphatic rings. The molecule has 3 aromatic heterocycles. The van der Waals surface area contributed by atoms with Gasteiger partial charge in [0.2, 0.25) is 0 Å². The van der Waals surface area contributed by atoms with Crippen molar-refractivity contribution in [3.8, 4) is 28.2 Å². The largest absolute Gasteiger partial charge is 0.289 e. The Hall–Kier alpha value is -3.45. The second-order valence-electron chi connectivity index (χ2n) is 6.84. The lowest BCUT2D eigenvalue weighted by molar-refractivity contribution is 0.628. The van der Waals surface area contributed by atoms with Gasteiger partial charge in [-0.25, -0.2) is 14.1 Å². The van der Waals surface area contributed by atoms with E-state index < -0.39 is 0 Å². The number of aromatic nitrogens is 4. The Morgan fingerprint density at radius 2 is 1.76 bits per heavy atom. The maximum atomic E-state index is 13.3. The summed E-state index contributed by atoms with van der Waals surface area (Å²) < 4.78 is 18.7. The van der Waals surface area contributed by atoms with Gasteiger partial charge in [-0.3, -0.25) is 13.9 Å². The van der Waals surface area contributed by atoms with Crippen molar-refractivity contribution in [2.24, 2.45) is 7.05 Å². The molecule has 2 aromatic carbocycles. The second-order valence-corrected chi connectivity index (χ2v) is 7.68. The van der Waals surface area contributed by atoms with Crippen LogP contribution in [-0.2, 0) is 7.05 Å². The van der Waals surface area contributed by atoms with E-state index in [2.05, 4.69) is 4.98 Å². The van der Waals surface area contributed by atoms with Crippen molar-refractivity contribution in [2.75, 3.05) is 0 Å². The van der Waals surface area contributed by atoms with E-state index in [0.717, 1.165) is 33.3 Å². The lowest BCUT2D eigenvalue weighted by Crippen LogP contribution is -2.20. The summed E-state index contributed by atoms with van der Waals surface area (Å²) in [6, 6.07) is 15.8. The topological polar surface area (TPSA) is 44.2 Å². The summed E-state index contributed by atoms with van der Waals surface area (Å²) in [5.41, 5.74) is 4.64. The quantitative estimate of drug-likeness (QED) is 0.439. The van der Waals surface area contributed by atoms with E-state index in [0.29, 0.717) is 5.56 Å². The molecule has 0 aliphatic heterocycles. The molecular formula is C22H17FN4OS. The molecule has 5 aromatic rings. The van der Waals surface area contributed by atoms with Crippen LogP contribution in [0.1, 0.15) is 5.69 Å². The number of fused-ring (bicyclic) bond motifs is 1. The van der Waals surface area contributed by atoms with Gasteiger partial charge >= 0.3 is 0 Å². The van der Waals surface area contributed by atoms with Gasteiger partial charge < -0.3 is 0 Å². The van der Waals surface area contributed by atoms with Gasteiger partial charge in [0, 0.05) is 29.9 Å². The van der Waals surface area contributed by atoms with Crippen LogP contribution in [0.4, 0.5) is 4.39 Å². The first-order valence-electron chi connectivity index (χ1n) is 9.11. The van der Waals surface area contributed by atoms with E-state index in [-0.39, 0.29) is 11.4 Å². The Kier molecular flexibility index (Phi) is 3.99. The fourth-order valence-corrected chi connectivity index (χ4v) is 4.45. The number of benzene rings is 2. The summed E-state index contributed by atoms with van der Waals surface area (Å²) >= 11 is 1.48. The molecule has 5 rings (SSSR count). The molecule has 0 aliphatic carbocycles. The van der Waals surface area contributed by atoms with E-state index in [1.54, 1.807) is 16.8 Å². The first-order chi connectivity index (χ1) is 14.0. The van der Waals surface area contributed by atoms with Crippen molar-refractivity contribution >= 4 is 16.3 Å². The number of nitrogens with zero attached hydrogens (tertiary/aromatic N) is 4. The summed E-state index contributed by atoms with van der Waals surface area (Å²) in [5, 5.41) is 1.95. The van der Waals surface area contributed by atoms with Crippen molar-refractivity contribution in [1.29, 1.82) is 0 Å². The SMILES string of the molecule is Cc1c(-c2csc3nc(-c4ccc(F)cc4)cn23)c(=O)n(-c2ccccc2)n1C. The van der Waals surface area contributed by atoms with E-state index in [1.165, 1.54) is 23.5 Å². The monoisotopic (exact) mass is 404 g/mol. The molecule has 0 amide bonds. The minimum absolute atomic E-state index is 0.0760. The van der Waals surface area contributed by atoms with Gasteiger partial charge in [0.05, 0.1) is 22.6 Å². The minimum Gasteiger partial charge on any atom is -0.289 e. The van der Waals surface area contributed by atoms with Gasteiger partial charge in [0.1, 0.15) is 5.82 Å². The van der Waals surface area contributed by atoms with Gasteiger partial charge in [0.25, 0.3) is 5.56 Å². The summed E-state index contributed by atoms with van der Waals surface area (Å²) in [4.78, 5) is 18.8. The molecule has 0 saturated heterocycles. The third kappa shape index (κ3) is 2.74. The van der Waals surface area contributed by atoms with E-state index >= 15 is 0 Å². The molecule has 0 N–H and O–H groups in total. The zero-order valence-corrected chi connectivity index (χ0v) is 16.7. The van der Waals surface area contributed by atoms with Crippen molar-refractivity contribution in [3.63, 3.8) is 0 Å². The average molecular weight is 404 g/mol. The molecule has 0 spiro atoms. The molecule has 7 heteroatoms. The first-order valence-corrected chi connectivity index (χ1v) is 9.99. The molecule has 144 valence electrons. The smallest absolute Gasteiger partial charge is 0.281 e. The van der Waals surface area contributed by atoms with Crippen LogP contribution in [0.2, 0.25) is 0 Å². The maximum Gasteiger partial charge on any atom is 0.281 e. The number of hydrogen-bond acceptors (Lipinski definition) is 3. The zero-order valence-electron chi connectivity index (χ0n) is 15.8. The number of halogens is 1. The fourth-order valence-electron chi connectivity index (χ4n) is 3.59. The van der Waals surface area contributed by atoms with Gasteiger partial charge in [0.15, 0.2) is 4.96 Å². The van der Waals surface area contributed by atoms with Gasteiger partial charge in [-0.15, -0.1) is 11.3 Å². The summed E-state index contributed by atoms with van der Waals surface area (Å²) in [6.07, 6.45) is 1.90. The Balaban J connectivity index is 1.69. The maximum absolute atomic E-state index is 13.3. The highest BCUT2D eigenvalue weighted by Crippen LogP contribution is 2.30. The minimum atomic E-state index is -0.281. The molecule has 5 nitrogen and oxygen atoms in total. The Morgan fingerprint density at radius 1 is 1.03 bits per heavy atom. The van der Waals surface area contributed by atoms with Crippen molar-refractivity contribution in [2.45, 2.75) is 6.92 Å². The standard InChI is InChI=1S/C22H17FN4OS/c1-14-20(21(28)27(25(14)2)17-6-4-3-5-7-17)19-13-29-22-24-18(12-26(19)22)15-8-10-16(23)11-9-15/h3-13H,1-2H3. The van der Waals surface area contributed by atoms with Crippen LogP contribution in [-0.4, -0.2) is 18.7 Å². The lowest BCUT2D eigenvalue weighted by Gasteiger charge is -2.07. The third-order valence-electron chi connectivity index (χ3n) is 5.16. The van der Waals surface area contributed by atoms with Gasteiger partial charge in [-0.1, -0.05) is 18.2 Å². The van der Waals surface area contributed by atoms with Crippen LogP contribution in [0.25, 0.3) is 33.2 Å². The highest BCUT2D eigenvalue weighted by atomic mass is 32.1. The highest BCUT2D eigenvalue weighted by molar-refractivity contribution is 7.15. The number of hydrogen-bond donors (Lipinski definition) is 0. The summed E-state index contributed by atoms with van der Waals surface area (Å²) in [6.45, 7) is 1.94. The molecule has 0 fully saturated rings. The lowest BCUT2D eigenvalue weighted by atomic mass is 10.2. The Labute approximate surface area is 169 Å². The molecule has 0 atom stereocenters. The van der Waals surface area contributed by atoms with E-state index in [1.807, 2.05) is 65.0 Å². The number of imidazole rings is 1. The second kappa shape index (κ2) is 6.56. The van der Waals surface area contributed by atoms with Crippen LogP contribution in [0.3, 0.4) is 0 Å². The van der Waals surface area contributed by atoms with E-state index in [9.17, 15) is 9.18 Å². The Bertz CT molecular complexity index is 1390. The van der Waals surface area contributed by atoms with Crippen LogP contribution in [0, 0.1) is 12.7 Å². The predicted octanol–water partition coefficient (Wildman–Crippen LogP) is 4.67. The third-order valence-corrected chi connectivity index (χ3v) is 6.00. The predicted molar refractivity (Wildman–Crippen MR) is 113 cm³/mol. The van der Waals surface area contributed by atoms with Crippen LogP contribution < -0.4 is 5.56 Å². The molecule has 29 heavy (non-hydrogen) atoms. The average Bonchev–Trinajstić information content (AvgIpc) is 3.37. The van der Waals surface area contributed by atoms with Crippen LogP contribution in [0.15, 0.2) is 71.0 Å². The van der Waals surface area contributed by atoms with Gasteiger partial charge in [-0.2, -0.15) is 0 Å². The molecule has 0 bridgehead atoms. The summed E-state index contributed by atoms with van der Waals surface area (Å²) in [5.74, 6) is -0.281.